The molecule has 1 amide bonds. The van der Waals surface area contributed by atoms with Gasteiger partial charge < -0.3 is 9.84 Å². The number of benzene rings is 3. The van der Waals surface area contributed by atoms with Crippen LogP contribution in [0.3, 0.4) is 0 Å². The molecule has 0 spiro atoms. The first-order valence-corrected chi connectivity index (χ1v) is 9.08. The summed E-state index contributed by atoms with van der Waals surface area (Å²) in [6.07, 6.45) is 1.44. The lowest BCUT2D eigenvalue weighted by Gasteiger charge is -2.06. The van der Waals surface area contributed by atoms with Crippen molar-refractivity contribution < 1.29 is 19.4 Å². The number of nitrogens with zero attached hydrogens (tertiary/aromatic N) is 1. The first kappa shape index (κ1) is 20.4. The molecule has 0 aromatic heterocycles. The standard InChI is InChI=1S/C21H14Cl2N2O4/c22-15-5-10-18(19(23)11-15)21(28)29-17-8-1-13(2-9-17)12-24-25-20(27)14-3-6-16(26)7-4-14/h1-12,26H,(H,25,27)/b24-12+. The summed E-state index contributed by atoms with van der Waals surface area (Å²) in [5.41, 5.74) is 3.64. The second kappa shape index (κ2) is 9.23. The average Bonchev–Trinajstić information content (AvgIpc) is 2.69. The highest BCUT2D eigenvalue weighted by Gasteiger charge is 2.13. The van der Waals surface area contributed by atoms with E-state index >= 15 is 0 Å². The van der Waals surface area contributed by atoms with Crippen LogP contribution in [-0.4, -0.2) is 23.2 Å². The van der Waals surface area contributed by atoms with Crippen LogP contribution in [0.1, 0.15) is 26.3 Å². The van der Waals surface area contributed by atoms with Gasteiger partial charge in [-0.1, -0.05) is 23.2 Å². The topological polar surface area (TPSA) is 88.0 Å². The number of phenols is 1. The highest BCUT2D eigenvalue weighted by Crippen LogP contribution is 2.23. The SMILES string of the molecule is O=C(N/N=C/c1ccc(OC(=O)c2ccc(Cl)cc2Cl)cc1)c1ccc(O)cc1. The lowest BCUT2D eigenvalue weighted by Crippen LogP contribution is -2.17. The molecule has 29 heavy (non-hydrogen) atoms. The molecule has 0 saturated carbocycles. The van der Waals surface area contributed by atoms with Gasteiger partial charge in [-0.05, 0) is 72.3 Å². The Balaban J connectivity index is 1.58. The van der Waals surface area contributed by atoms with Crippen LogP contribution in [0.2, 0.25) is 10.0 Å². The second-order valence-corrected chi connectivity index (χ2v) is 6.67. The van der Waals surface area contributed by atoms with E-state index in [-0.39, 0.29) is 16.3 Å². The van der Waals surface area contributed by atoms with Crippen LogP contribution in [0, 0.1) is 0 Å². The Morgan fingerprint density at radius 1 is 0.966 bits per heavy atom. The van der Waals surface area contributed by atoms with Gasteiger partial charge in [0.25, 0.3) is 5.91 Å². The molecule has 0 heterocycles. The summed E-state index contributed by atoms with van der Waals surface area (Å²) in [7, 11) is 0. The Morgan fingerprint density at radius 2 is 1.66 bits per heavy atom. The lowest BCUT2D eigenvalue weighted by molar-refractivity contribution is 0.0734. The number of hydrogen-bond donors (Lipinski definition) is 2. The van der Waals surface area contributed by atoms with Gasteiger partial charge >= 0.3 is 5.97 Å². The van der Waals surface area contributed by atoms with Gasteiger partial charge in [-0.2, -0.15) is 5.10 Å². The molecule has 0 atom stereocenters. The molecule has 0 unspecified atom stereocenters. The quantitative estimate of drug-likeness (QED) is 0.267. The van der Waals surface area contributed by atoms with Crippen molar-refractivity contribution in [3.8, 4) is 11.5 Å². The van der Waals surface area contributed by atoms with Crippen molar-refractivity contribution in [1.29, 1.82) is 0 Å². The van der Waals surface area contributed by atoms with Gasteiger partial charge in [0.2, 0.25) is 0 Å². The minimum absolute atomic E-state index is 0.0733. The molecule has 6 nitrogen and oxygen atoms in total. The van der Waals surface area contributed by atoms with E-state index in [1.54, 1.807) is 30.3 Å². The first-order chi connectivity index (χ1) is 13.9. The highest BCUT2D eigenvalue weighted by atomic mass is 35.5. The largest absolute Gasteiger partial charge is 0.508 e. The summed E-state index contributed by atoms with van der Waals surface area (Å²) in [5.74, 6) is -0.614. The first-order valence-electron chi connectivity index (χ1n) is 8.32. The molecular formula is C21H14Cl2N2O4. The van der Waals surface area contributed by atoms with Crippen molar-refractivity contribution in [3.63, 3.8) is 0 Å². The summed E-state index contributed by atoms with van der Waals surface area (Å²) >= 11 is 11.8. The number of hydrazone groups is 1. The maximum Gasteiger partial charge on any atom is 0.345 e. The highest BCUT2D eigenvalue weighted by molar-refractivity contribution is 6.36. The molecule has 0 bridgehead atoms. The van der Waals surface area contributed by atoms with E-state index in [1.807, 2.05) is 0 Å². The number of nitrogens with one attached hydrogen (secondary N) is 1. The van der Waals surface area contributed by atoms with Crippen LogP contribution in [0.15, 0.2) is 71.8 Å². The van der Waals surface area contributed by atoms with E-state index in [1.165, 1.54) is 42.6 Å². The van der Waals surface area contributed by atoms with Crippen LogP contribution in [0.5, 0.6) is 11.5 Å². The van der Waals surface area contributed by atoms with Gasteiger partial charge in [0, 0.05) is 10.6 Å². The summed E-state index contributed by atoms with van der Waals surface area (Å²) in [6, 6.07) is 16.8. The predicted octanol–water partition coefficient (Wildman–Crippen LogP) is 4.68. The van der Waals surface area contributed by atoms with Crippen molar-refractivity contribution in [1.82, 2.24) is 5.43 Å². The number of phenolic OH excluding ortho intramolecular Hbond substituents is 1. The van der Waals surface area contributed by atoms with E-state index < -0.39 is 11.9 Å². The van der Waals surface area contributed by atoms with E-state index in [0.29, 0.717) is 21.9 Å². The molecule has 0 aliphatic rings. The van der Waals surface area contributed by atoms with Crippen LogP contribution >= 0.6 is 23.2 Å². The van der Waals surface area contributed by atoms with Crippen molar-refractivity contribution >= 4 is 41.3 Å². The summed E-state index contributed by atoms with van der Waals surface area (Å²) in [4.78, 5) is 24.1. The maximum absolute atomic E-state index is 12.2. The predicted molar refractivity (Wildman–Crippen MR) is 111 cm³/mol. The summed E-state index contributed by atoms with van der Waals surface area (Å²) in [5, 5.41) is 13.7. The maximum atomic E-state index is 12.2. The molecular weight excluding hydrogens is 415 g/mol. The number of aromatic hydroxyl groups is 1. The Labute approximate surface area is 176 Å². The Morgan fingerprint density at radius 3 is 2.31 bits per heavy atom. The second-order valence-electron chi connectivity index (χ2n) is 5.83. The van der Waals surface area contributed by atoms with E-state index in [4.69, 9.17) is 27.9 Å². The molecule has 2 N–H and O–H groups in total. The van der Waals surface area contributed by atoms with Crippen molar-refractivity contribution in [2.45, 2.75) is 0 Å². The molecule has 0 aliphatic carbocycles. The zero-order chi connectivity index (χ0) is 20.8. The monoisotopic (exact) mass is 428 g/mol. The van der Waals surface area contributed by atoms with E-state index in [2.05, 4.69) is 10.5 Å². The molecule has 0 saturated heterocycles. The lowest BCUT2D eigenvalue weighted by atomic mass is 10.2. The fourth-order valence-corrected chi connectivity index (χ4v) is 2.77. The Bertz CT molecular complexity index is 1070. The minimum atomic E-state index is -0.603. The number of esters is 1. The van der Waals surface area contributed by atoms with Gasteiger partial charge in [-0.25, -0.2) is 10.2 Å². The average molecular weight is 429 g/mol. The summed E-state index contributed by atoms with van der Waals surface area (Å²) < 4.78 is 5.29. The molecule has 3 aromatic rings. The number of carbonyl (C=O) groups is 2. The molecule has 0 aliphatic heterocycles. The number of hydrogen-bond acceptors (Lipinski definition) is 5. The third kappa shape index (κ3) is 5.57. The fraction of sp³-hybridized carbons (Fsp3) is 0. The smallest absolute Gasteiger partial charge is 0.345 e. The molecule has 0 radical (unpaired) electrons. The number of rotatable bonds is 5. The third-order valence-electron chi connectivity index (χ3n) is 3.75. The zero-order valence-electron chi connectivity index (χ0n) is 14.8. The molecule has 8 heteroatoms. The number of amides is 1. The fourth-order valence-electron chi connectivity index (χ4n) is 2.28. The van der Waals surface area contributed by atoms with E-state index in [9.17, 15) is 14.7 Å². The van der Waals surface area contributed by atoms with Crippen molar-refractivity contribution in [2.75, 3.05) is 0 Å². The number of ether oxygens (including phenoxy) is 1. The van der Waals surface area contributed by atoms with Crippen LogP contribution in [0.4, 0.5) is 0 Å². The van der Waals surface area contributed by atoms with Crippen LogP contribution in [-0.2, 0) is 0 Å². The Kier molecular flexibility index (Phi) is 6.49. The van der Waals surface area contributed by atoms with Gasteiger partial charge in [0.05, 0.1) is 16.8 Å². The van der Waals surface area contributed by atoms with Crippen molar-refractivity contribution in [3.05, 3.63) is 93.5 Å². The van der Waals surface area contributed by atoms with Crippen LogP contribution < -0.4 is 10.2 Å². The third-order valence-corrected chi connectivity index (χ3v) is 4.30. The normalized spacial score (nSPS) is 10.7. The Hall–Kier alpha value is -3.35. The van der Waals surface area contributed by atoms with Gasteiger partial charge in [-0.3, -0.25) is 4.79 Å². The van der Waals surface area contributed by atoms with Crippen LogP contribution in [0.25, 0.3) is 0 Å². The minimum Gasteiger partial charge on any atom is -0.508 e. The molecule has 0 fully saturated rings. The molecule has 3 rings (SSSR count). The molecule has 3 aromatic carbocycles. The van der Waals surface area contributed by atoms with Gasteiger partial charge in [0.15, 0.2) is 0 Å². The number of halogens is 2. The summed E-state index contributed by atoms with van der Waals surface area (Å²) in [6.45, 7) is 0. The number of carbonyl (C=O) groups excluding carboxylic acids is 2. The van der Waals surface area contributed by atoms with Crippen molar-refractivity contribution in [2.24, 2.45) is 5.10 Å². The van der Waals surface area contributed by atoms with Gasteiger partial charge in [-0.15, -0.1) is 0 Å². The van der Waals surface area contributed by atoms with Gasteiger partial charge in [0.1, 0.15) is 11.5 Å². The van der Waals surface area contributed by atoms with E-state index in [0.717, 1.165) is 0 Å². The zero-order valence-corrected chi connectivity index (χ0v) is 16.3. The molecule has 146 valence electrons.